The Morgan fingerprint density at radius 3 is 2.50 bits per heavy atom. The Bertz CT molecular complexity index is 635. The zero-order valence-electron chi connectivity index (χ0n) is 11.0. The minimum Gasteiger partial charge on any atom is -0.457 e. The minimum absolute atomic E-state index is 0.0763. The number of nitrogens with zero attached hydrogens (tertiary/aromatic N) is 1. The molecular weight excluding hydrogens is 254 g/mol. The smallest absolute Gasteiger partial charge is 0.269 e. The average molecular weight is 269 g/mol. The molecule has 20 heavy (non-hydrogen) atoms. The second kappa shape index (κ2) is 5.33. The third-order valence-electron chi connectivity index (χ3n) is 3.63. The summed E-state index contributed by atoms with van der Waals surface area (Å²) in [6.07, 6.45) is 4.56. The number of aryl methyl sites for hydroxylation is 1. The van der Waals surface area contributed by atoms with E-state index in [4.69, 9.17) is 4.74 Å². The standard InChI is InChI=1S/C16H15NO3/c18-17(19)13-8-10-14(11-9-13)20-16-7-3-5-12-4-1-2-6-15(12)16/h3,5,7-11H,1-2,4,6H2. The zero-order chi connectivity index (χ0) is 13.9. The number of nitro groups is 1. The van der Waals surface area contributed by atoms with Gasteiger partial charge in [-0.3, -0.25) is 10.1 Å². The van der Waals surface area contributed by atoms with E-state index in [1.165, 1.54) is 36.1 Å². The van der Waals surface area contributed by atoms with E-state index in [2.05, 4.69) is 6.07 Å². The molecule has 0 bridgehead atoms. The molecule has 102 valence electrons. The fraction of sp³-hybridized carbons (Fsp3) is 0.250. The third kappa shape index (κ3) is 2.50. The lowest BCUT2D eigenvalue weighted by Crippen LogP contribution is -2.04. The van der Waals surface area contributed by atoms with Crippen LogP contribution in [-0.4, -0.2) is 4.92 Å². The number of hydrogen-bond acceptors (Lipinski definition) is 3. The molecule has 3 rings (SSSR count). The molecule has 0 saturated carbocycles. The molecule has 1 aliphatic carbocycles. The normalized spacial score (nSPS) is 13.6. The first-order valence-electron chi connectivity index (χ1n) is 6.77. The molecule has 0 amide bonds. The van der Waals surface area contributed by atoms with Gasteiger partial charge in [-0.05, 0) is 55.0 Å². The van der Waals surface area contributed by atoms with Gasteiger partial charge in [0.2, 0.25) is 0 Å². The van der Waals surface area contributed by atoms with E-state index in [-0.39, 0.29) is 5.69 Å². The summed E-state index contributed by atoms with van der Waals surface area (Å²) in [5, 5.41) is 10.6. The number of non-ortho nitro benzene ring substituents is 1. The van der Waals surface area contributed by atoms with Crippen molar-refractivity contribution in [1.82, 2.24) is 0 Å². The number of fused-ring (bicyclic) bond motifs is 1. The summed E-state index contributed by atoms with van der Waals surface area (Å²) in [5.74, 6) is 1.51. The molecule has 0 N–H and O–H groups in total. The highest BCUT2D eigenvalue weighted by Crippen LogP contribution is 2.33. The zero-order valence-corrected chi connectivity index (χ0v) is 11.0. The van der Waals surface area contributed by atoms with Crippen molar-refractivity contribution in [3.63, 3.8) is 0 Å². The lowest BCUT2D eigenvalue weighted by Gasteiger charge is -2.19. The Morgan fingerprint density at radius 1 is 1.00 bits per heavy atom. The first-order valence-corrected chi connectivity index (χ1v) is 6.77. The monoisotopic (exact) mass is 269 g/mol. The van der Waals surface area contributed by atoms with E-state index in [1.54, 1.807) is 12.1 Å². The Hall–Kier alpha value is -2.36. The van der Waals surface area contributed by atoms with Gasteiger partial charge in [-0.1, -0.05) is 12.1 Å². The van der Waals surface area contributed by atoms with Crippen LogP contribution in [0.5, 0.6) is 11.5 Å². The van der Waals surface area contributed by atoms with Crippen LogP contribution in [0.1, 0.15) is 24.0 Å². The van der Waals surface area contributed by atoms with Crippen molar-refractivity contribution >= 4 is 5.69 Å². The van der Waals surface area contributed by atoms with Gasteiger partial charge in [-0.2, -0.15) is 0 Å². The first-order chi connectivity index (χ1) is 9.74. The van der Waals surface area contributed by atoms with E-state index in [1.807, 2.05) is 12.1 Å². The van der Waals surface area contributed by atoms with Gasteiger partial charge >= 0.3 is 0 Å². The maximum atomic E-state index is 10.6. The lowest BCUT2D eigenvalue weighted by atomic mass is 9.91. The molecule has 0 unspecified atom stereocenters. The van der Waals surface area contributed by atoms with E-state index < -0.39 is 4.92 Å². The SMILES string of the molecule is O=[N+]([O-])c1ccc(Oc2cccc3c2CCCC3)cc1. The number of rotatable bonds is 3. The fourth-order valence-corrected chi connectivity index (χ4v) is 2.60. The van der Waals surface area contributed by atoms with Gasteiger partial charge in [0, 0.05) is 12.1 Å². The van der Waals surface area contributed by atoms with Gasteiger partial charge in [0.05, 0.1) is 4.92 Å². The van der Waals surface area contributed by atoms with Crippen molar-refractivity contribution in [2.24, 2.45) is 0 Å². The van der Waals surface area contributed by atoms with E-state index in [0.29, 0.717) is 5.75 Å². The molecule has 4 nitrogen and oxygen atoms in total. The molecule has 4 heteroatoms. The van der Waals surface area contributed by atoms with Gasteiger partial charge in [0.25, 0.3) is 5.69 Å². The lowest BCUT2D eigenvalue weighted by molar-refractivity contribution is -0.384. The number of ether oxygens (including phenoxy) is 1. The van der Waals surface area contributed by atoms with Gasteiger partial charge in [-0.15, -0.1) is 0 Å². The summed E-state index contributed by atoms with van der Waals surface area (Å²) >= 11 is 0. The average Bonchev–Trinajstić information content (AvgIpc) is 2.48. The highest BCUT2D eigenvalue weighted by atomic mass is 16.6. The third-order valence-corrected chi connectivity index (χ3v) is 3.63. The highest BCUT2D eigenvalue weighted by molar-refractivity contribution is 5.45. The molecule has 0 atom stereocenters. The van der Waals surface area contributed by atoms with E-state index in [0.717, 1.165) is 18.6 Å². The molecular formula is C16H15NO3. The molecule has 0 heterocycles. The first kappa shape index (κ1) is 12.7. The summed E-state index contributed by atoms with van der Waals surface area (Å²) < 4.78 is 5.89. The molecule has 0 radical (unpaired) electrons. The van der Waals surface area contributed by atoms with Crippen molar-refractivity contribution < 1.29 is 9.66 Å². The van der Waals surface area contributed by atoms with Crippen molar-refractivity contribution in [1.29, 1.82) is 0 Å². The van der Waals surface area contributed by atoms with Crippen molar-refractivity contribution in [2.75, 3.05) is 0 Å². The molecule has 2 aromatic rings. The minimum atomic E-state index is -0.409. The molecule has 2 aromatic carbocycles. The molecule has 1 aliphatic rings. The molecule has 0 aliphatic heterocycles. The van der Waals surface area contributed by atoms with Crippen LogP contribution in [-0.2, 0) is 12.8 Å². The number of hydrogen-bond donors (Lipinski definition) is 0. The second-order valence-electron chi connectivity index (χ2n) is 4.95. The Balaban J connectivity index is 1.86. The van der Waals surface area contributed by atoms with Crippen LogP contribution in [0.15, 0.2) is 42.5 Å². The second-order valence-corrected chi connectivity index (χ2v) is 4.95. The Labute approximate surface area is 117 Å². The van der Waals surface area contributed by atoms with Crippen LogP contribution in [0.4, 0.5) is 5.69 Å². The van der Waals surface area contributed by atoms with Gasteiger partial charge in [0.15, 0.2) is 0 Å². The van der Waals surface area contributed by atoms with Crippen LogP contribution >= 0.6 is 0 Å². The number of benzene rings is 2. The molecule has 0 aromatic heterocycles. The summed E-state index contributed by atoms with van der Waals surface area (Å²) in [7, 11) is 0. The Morgan fingerprint density at radius 2 is 1.75 bits per heavy atom. The summed E-state index contributed by atoms with van der Waals surface area (Å²) in [4.78, 5) is 10.2. The van der Waals surface area contributed by atoms with Crippen molar-refractivity contribution in [2.45, 2.75) is 25.7 Å². The van der Waals surface area contributed by atoms with Crippen LogP contribution in [0.3, 0.4) is 0 Å². The van der Waals surface area contributed by atoms with Crippen LogP contribution < -0.4 is 4.74 Å². The van der Waals surface area contributed by atoms with E-state index >= 15 is 0 Å². The highest BCUT2D eigenvalue weighted by Gasteiger charge is 2.14. The molecule has 0 spiro atoms. The van der Waals surface area contributed by atoms with Crippen molar-refractivity contribution in [3.8, 4) is 11.5 Å². The summed E-state index contributed by atoms with van der Waals surface area (Å²) in [5.41, 5.74) is 2.71. The molecule has 0 saturated heterocycles. The van der Waals surface area contributed by atoms with Gasteiger partial charge < -0.3 is 4.74 Å². The van der Waals surface area contributed by atoms with Gasteiger partial charge in [0.1, 0.15) is 11.5 Å². The quantitative estimate of drug-likeness (QED) is 0.617. The maximum absolute atomic E-state index is 10.6. The van der Waals surface area contributed by atoms with Crippen LogP contribution in [0.25, 0.3) is 0 Å². The molecule has 0 fully saturated rings. The Kier molecular flexibility index (Phi) is 3.37. The largest absolute Gasteiger partial charge is 0.457 e. The van der Waals surface area contributed by atoms with Crippen molar-refractivity contribution in [3.05, 3.63) is 63.7 Å². The predicted octanol–water partition coefficient (Wildman–Crippen LogP) is 4.27. The fourth-order valence-electron chi connectivity index (χ4n) is 2.60. The van der Waals surface area contributed by atoms with Gasteiger partial charge in [-0.25, -0.2) is 0 Å². The predicted molar refractivity (Wildman–Crippen MR) is 76.3 cm³/mol. The number of nitro benzene ring substituents is 1. The van der Waals surface area contributed by atoms with E-state index in [9.17, 15) is 10.1 Å². The maximum Gasteiger partial charge on any atom is 0.269 e. The summed E-state index contributed by atoms with van der Waals surface area (Å²) in [6, 6.07) is 12.3. The van der Waals surface area contributed by atoms with Crippen LogP contribution in [0.2, 0.25) is 0 Å². The summed E-state index contributed by atoms with van der Waals surface area (Å²) in [6.45, 7) is 0. The van der Waals surface area contributed by atoms with Crippen LogP contribution in [0, 0.1) is 10.1 Å². The topological polar surface area (TPSA) is 52.4 Å².